The molecule has 0 fully saturated rings. The summed E-state index contributed by atoms with van der Waals surface area (Å²) in [7, 11) is 0. The van der Waals surface area contributed by atoms with Gasteiger partial charge in [-0.2, -0.15) is 5.10 Å². The molecular formula is C17H22N4. The molecule has 0 aliphatic rings. The lowest BCUT2D eigenvalue weighted by Gasteiger charge is -2.10. The number of nitrogens with one attached hydrogen (secondary N) is 1. The lowest BCUT2D eigenvalue weighted by atomic mass is 10.1. The van der Waals surface area contributed by atoms with Crippen molar-refractivity contribution in [2.24, 2.45) is 0 Å². The molecule has 3 aromatic rings. The van der Waals surface area contributed by atoms with E-state index >= 15 is 0 Å². The first-order valence-electron chi connectivity index (χ1n) is 7.51. The molecular weight excluding hydrogens is 260 g/mol. The maximum atomic E-state index is 4.26. The highest BCUT2D eigenvalue weighted by atomic mass is 15.3. The van der Waals surface area contributed by atoms with Gasteiger partial charge in [-0.3, -0.25) is 4.68 Å². The van der Waals surface area contributed by atoms with Crippen LogP contribution in [0.15, 0.2) is 48.9 Å². The zero-order valence-electron chi connectivity index (χ0n) is 12.7. The summed E-state index contributed by atoms with van der Waals surface area (Å²) in [4.78, 5) is 0. The van der Waals surface area contributed by atoms with Gasteiger partial charge in [0.25, 0.3) is 0 Å². The molecule has 0 aliphatic carbocycles. The molecule has 0 radical (unpaired) electrons. The summed E-state index contributed by atoms with van der Waals surface area (Å²) in [6.45, 7) is 7.09. The van der Waals surface area contributed by atoms with Crippen molar-refractivity contribution >= 4 is 10.9 Å². The summed E-state index contributed by atoms with van der Waals surface area (Å²) in [5.41, 5.74) is 2.63. The van der Waals surface area contributed by atoms with Crippen LogP contribution >= 0.6 is 0 Å². The molecule has 2 aromatic heterocycles. The zero-order valence-corrected chi connectivity index (χ0v) is 12.7. The van der Waals surface area contributed by atoms with E-state index in [9.17, 15) is 0 Å². The molecule has 0 saturated heterocycles. The number of aryl methyl sites for hydroxylation is 2. The minimum Gasteiger partial charge on any atom is -0.346 e. The quantitative estimate of drug-likeness (QED) is 0.754. The second kappa shape index (κ2) is 6.14. The summed E-state index contributed by atoms with van der Waals surface area (Å²) in [5.74, 6) is 0. The first-order chi connectivity index (χ1) is 10.2. The van der Waals surface area contributed by atoms with Crippen molar-refractivity contribution in [3.05, 3.63) is 54.5 Å². The summed E-state index contributed by atoms with van der Waals surface area (Å²) >= 11 is 0. The van der Waals surface area contributed by atoms with E-state index in [1.807, 2.05) is 23.1 Å². The molecule has 0 aliphatic heterocycles. The third kappa shape index (κ3) is 3.34. The van der Waals surface area contributed by atoms with Gasteiger partial charge in [0.05, 0.1) is 6.54 Å². The molecule has 0 amide bonds. The van der Waals surface area contributed by atoms with Gasteiger partial charge in [0, 0.05) is 43.2 Å². The maximum Gasteiger partial charge on any atom is 0.0588 e. The van der Waals surface area contributed by atoms with E-state index in [0.717, 1.165) is 19.6 Å². The predicted octanol–water partition coefficient (Wildman–Crippen LogP) is 3.04. The molecule has 2 heterocycles. The van der Waals surface area contributed by atoms with Crippen molar-refractivity contribution < 1.29 is 0 Å². The smallest absolute Gasteiger partial charge is 0.0588 e. The van der Waals surface area contributed by atoms with Crippen LogP contribution in [-0.2, 0) is 19.6 Å². The summed E-state index contributed by atoms with van der Waals surface area (Å²) in [5, 5.41) is 9.02. The van der Waals surface area contributed by atoms with Crippen LogP contribution in [-0.4, -0.2) is 20.4 Å². The lowest BCUT2D eigenvalue weighted by molar-refractivity contribution is 0.542. The molecule has 0 saturated carbocycles. The Morgan fingerprint density at radius 1 is 1.14 bits per heavy atom. The van der Waals surface area contributed by atoms with E-state index in [0.29, 0.717) is 6.04 Å². The van der Waals surface area contributed by atoms with E-state index < -0.39 is 0 Å². The Hall–Kier alpha value is -2.07. The van der Waals surface area contributed by atoms with Crippen LogP contribution in [0.2, 0.25) is 0 Å². The molecule has 0 atom stereocenters. The second-order valence-corrected chi connectivity index (χ2v) is 5.71. The van der Waals surface area contributed by atoms with Crippen molar-refractivity contribution in [1.29, 1.82) is 0 Å². The van der Waals surface area contributed by atoms with E-state index in [4.69, 9.17) is 0 Å². The number of hydrogen-bond donors (Lipinski definition) is 1. The second-order valence-electron chi connectivity index (χ2n) is 5.71. The monoisotopic (exact) mass is 282 g/mol. The SMILES string of the molecule is CC(C)NCc1ccc2ccn(CCn3cccn3)c2c1. The molecule has 0 spiro atoms. The van der Waals surface area contributed by atoms with E-state index in [1.54, 1.807) is 0 Å². The Morgan fingerprint density at radius 2 is 2.05 bits per heavy atom. The number of benzene rings is 1. The standard InChI is InChI=1S/C17H22N4/c1-14(2)18-13-15-4-5-16-6-9-20(17(16)12-15)10-11-21-8-3-7-19-21/h3-9,12,14,18H,10-11,13H2,1-2H3. The van der Waals surface area contributed by atoms with Gasteiger partial charge < -0.3 is 9.88 Å². The Morgan fingerprint density at radius 3 is 2.81 bits per heavy atom. The fraction of sp³-hybridized carbons (Fsp3) is 0.353. The molecule has 3 rings (SSSR count). The highest BCUT2D eigenvalue weighted by Crippen LogP contribution is 2.18. The molecule has 0 bridgehead atoms. The third-order valence-corrected chi connectivity index (χ3v) is 3.68. The predicted molar refractivity (Wildman–Crippen MR) is 86.1 cm³/mol. The first kappa shape index (κ1) is 13.9. The van der Waals surface area contributed by atoms with Gasteiger partial charge in [-0.25, -0.2) is 0 Å². The summed E-state index contributed by atoms with van der Waals surface area (Å²) in [6.07, 6.45) is 5.99. The molecule has 110 valence electrons. The molecule has 4 heteroatoms. The molecule has 4 nitrogen and oxygen atoms in total. The van der Waals surface area contributed by atoms with Crippen molar-refractivity contribution in [3.8, 4) is 0 Å². The van der Waals surface area contributed by atoms with E-state index in [1.165, 1.54) is 16.5 Å². The van der Waals surface area contributed by atoms with Crippen LogP contribution < -0.4 is 5.32 Å². The highest BCUT2D eigenvalue weighted by molar-refractivity contribution is 5.80. The normalized spacial score (nSPS) is 11.6. The largest absolute Gasteiger partial charge is 0.346 e. The number of nitrogens with zero attached hydrogens (tertiary/aromatic N) is 3. The van der Waals surface area contributed by atoms with Crippen LogP contribution in [0.3, 0.4) is 0 Å². The van der Waals surface area contributed by atoms with Gasteiger partial charge in [0.2, 0.25) is 0 Å². The maximum absolute atomic E-state index is 4.26. The first-order valence-corrected chi connectivity index (χ1v) is 7.51. The number of aromatic nitrogens is 3. The Labute approximate surface area is 125 Å². The molecule has 0 unspecified atom stereocenters. The van der Waals surface area contributed by atoms with Crippen LogP contribution in [0.1, 0.15) is 19.4 Å². The highest BCUT2D eigenvalue weighted by Gasteiger charge is 2.03. The summed E-state index contributed by atoms with van der Waals surface area (Å²) < 4.78 is 4.27. The fourth-order valence-corrected chi connectivity index (χ4v) is 2.50. The number of fused-ring (bicyclic) bond motifs is 1. The van der Waals surface area contributed by atoms with Crippen molar-refractivity contribution in [1.82, 2.24) is 19.7 Å². The Bertz CT molecular complexity index is 695. The van der Waals surface area contributed by atoms with Crippen molar-refractivity contribution in [3.63, 3.8) is 0 Å². The van der Waals surface area contributed by atoms with Crippen LogP contribution in [0.5, 0.6) is 0 Å². The topological polar surface area (TPSA) is 34.8 Å². The minimum absolute atomic E-state index is 0.507. The summed E-state index contributed by atoms with van der Waals surface area (Å²) in [6, 6.07) is 11.3. The third-order valence-electron chi connectivity index (χ3n) is 3.68. The van der Waals surface area contributed by atoms with Crippen LogP contribution in [0, 0.1) is 0 Å². The van der Waals surface area contributed by atoms with Gasteiger partial charge in [0.1, 0.15) is 0 Å². The Balaban J connectivity index is 1.77. The van der Waals surface area contributed by atoms with Gasteiger partial charge in [-0.15, -0.1) is 0 Å². The average molecular weight is 282 g/mol. The zero-order chi connectivity index (χ0) is 14.7. The van der Waals surface area contributed by atoms with Crippen LogP contribution in [0.4, 0.5) is 0 Å². The van der Waals surface area contributed by atoms with Gasteiger partial charge >= 0.3 is 0 Å². The van der Waals surface area contributed by atoms with Crippen LogP contribution in [0.25, 0.3) is 10.9 Å². The number of rotatable bonds is 6. The average Bonchev–Trinajstić information content (AvgIpc) is 3.12. The van der Waals surface area contributed by atoms with Gasteiger partial charge in [-0.1, -0.05) is 26.0 Å². The van der Waals surface area contributed by atoms with Crippen molar-refractivity contribution in [2.45, 2.75) is 39.5 Å². The van der Waals surface area contributed by atoms with E-state index in [-0.39, 0.29) is 0 Å². The molecule has 1 N–H and O–H groups in total. The molecule has 21 heavy (non-hydrogen) atoms. The minimum atomic E-state index is 0.507. The van der Waals surface area contributed by atoms with E-state index in [2.05, 4.69) is 59.3 Å². The molecule has 1 aromatic carbocycles. The Kier molecular flexibility index (Phi) is 4.06. The number of hydrogen-bond acceptors (Lipinski definition) is 2. The van der Waals surface area contributed by atoms with Gasteiger partial charge in [-0.05, 0) is 29.1 Å². The lowest BCUT2D eigenvalue weighted by Crippen LogP contribution is -2.21. The fourth-order valence-electron chi connectivity index (χ4n) is 2.50. The van der Waals surface area contributed by atoms with Gasteiger partial charge in [0.15, 0.2) is 0 Å². The van der Waals surface area contributed by atoms with Crippen molar-refractivity contribution in [2.75, 3.05) is 0 Å².